The first-order chi connectivity index (χ1) is 6.81. The maximum atomic E-state index is 5.80. The van der Waals surface area contributed by atoms with Gasteiger partial charge in [-0.1, -0.05) is 13.0 Å². The second-order valence-corrected chi connectivity index (χ2v) is 3.63. The summed E-state index contributed by atoms with van der Waals surface area (Å²) >= 11 is 5.80. The number of allylic oxidation sites excluding steroid dienone is 3. The Balaban J connectivity index is 2.62. The first kappa shape index (κ1) is 11.4. The van der Waals surface area contributed by atoms with Crippen LogP contribution in [-0.2, 0) is 9.47 Å². The second-order valence-electron chi connectivity index (χ2n) is 3.32. The van der Waals surface area contributed by atoms with Crippen molar-refractivity contribution in [2.45, 2.75) is 19.8 Å². The zero-order chi connectivity index (χ0) is 10.4. The van der Waals surface area contributed by atoms with Gasteiger partial charge in [0.15, 0.2) is 5.76 Å². The van der Waals surface area contributed by atoms with Gasteiger partial charge < -0.3 is 9.47 Å². The first-order valence-electron chi connectivity index (χ1n) is 4.95. The number of rotatable bonds is 5. The van der Waals surface area contributed by atoms with Crippen LogP contribution in [0.15, 0.2) is 23.7 Å². The summed E-state index contributed by atoms with van der Waals surface area (Å²) in [7, 11) is 1.66. The number of halogens is 1. The molecule has 1 aliphatic rings. The zero-order valence-corrected chi connectivity index (χ0v) is 9.51. The fourth-order valence-electron chi connectivity index (χ4n) is 1.37. The molecule has 0 bridgehead atoms. The van der Waals surface area contributed by atoms with E-state index in [4.69, 9.17) is 21.1 Å². The minimum Gasteiger partial charge on any atom is -0.494 e. The summed E-state index contributed by atoms with van der Waals surface area (Å²) in [5.41, 5.74) is 0. The predicted octanol–water partition coefficient (Wildman–Crippen LogP) is 3.09. The van der Waals surface area contributed by atoms with Crippen molar-refractivity contribution < 1.29 is 9.47 Å². The molecule has 1 aliphatic carbocycles. The van der Waals surface area contributed by atoms with Gasteiger partial charge in [0.25, 0.3) is 0 Å². The van der Waals surface area contributed by atoms with E-state index in [1.165, 1.54) is 0 Å². The molecule has 3 heteroatoms. The van der Waals surface area contributed by atoms with Crippen molar-refractivity contribution >= 4 is 11.6 Å². The van der Waals surface area contributed by atoms with E-state index < -0.39 is 0 Å². The first-order valence-corrected chi connectivity index (χ1v) is 5.49. The summed E-state index contributed by atoms with van der Waals surface area (Å²) in [6.45, 7) is 2.83. The Morgan fingerprint density at radius 1 is 1.57 bits per heavy atom. The molecule has 80 valence electrons. The Labute approximate surface area is 90.5 Å². The summed E-state index contributed by atoms with van der Waals surface area (Å²) in [4.78, 5) is 0. The highest BCUT2D eigenvalue weighted by molar-refractivity contribution is 6.18. The molecule has 1 atom stereocenters. The van der Waals surface area contributed by atoms with Crippen LogP contribution in [0, 0.1) is 5.92 Å². The third-order valence-corrected chi connectivity index (χ3v) is 2.54. The van der Waals surface area contributed by atoms with Crippen LogP contribution in [0.25, 0.3) is 0 Å². The quantitative estimate of drug-likeness (QED) is 0.658. The smallest absolute Gasteiger partial charge is 0.156 e. The van der Waals surface area contributed by atoms with E-state index in [2.05, 4.69) is 13.0 Å². The van der Waals surface area contributed by atoms with Gasteiger partial charge in [-0.05, 0) is 18.4 Å². The molecule has 0 aromatic rings. The number of hydrogen-bond acceptors (Lipinski definition) is 2. The van der Waals surface area contributed by atoms with Gasteiger partial charge in [0.1, 0.15) is 5.76 Å². The molecule has 1 rings (SSSR count). The summed E-state index contributed by atoms with van der Waals surface area (Å²) in [5.74, 6) is 2.77. The van der Waals surface area contributed by atoms with Crippen molar-refractivity contribution in [1.29, 1.82) is 0 Å². The van der Waals surface area contributed by atoms with Gasteiger partial charge in [0.2, 0.25) is 0 Å². The molecule has 0 heterocycles. The van der Waals surface area contributed by atoms with Crippen LogP contribution in [0.3, 0.4) is 0 Å². The molecule has 0 spiro atoms. The molecular formula is C11H17ClO2. The van der Waals surface area contributed by atoms with Gasteiger partial charge >= 0.3 is 0 Å². The van der Waals surface area contributed by atoms with Crippen LogP contribution in [0.1, 0.15) is 19.8 Å². The van der Waals surface area contributed by atoms with Crippen molar-refractivity contribution in [3.8, 4) is 0 Å². The van der Waals surface area contributed by atoms with Gasteiger partial charge in [-0.2, -0.15) is 0 Å². The molecule has 0 fully saturated rings. The third kappa shape index (κ3) is 2.95. The molecule has 0 radical (unpaired) electrons. The number of hydrogen-bond donors (Lipinski definition) is 0. The maximum absolute atomic E-state index is 5.80. The van der Waals surface area contributed by atoms with Crippen molar-refractivity contribution in [3.05, 3.63) is 23.7 Å². The van der Waals surface area contributed by atoms with Crippen molar-refractivity contribution in [2.24, 2.45) is 5.92 Å². The molecule has 0 saturated heterocycles. The van der Waals surface area contributed by atoms with Crippen molar-refractivity contribution in [3.63, 3.8) is 0 Å². The lowest BCUT2D eigenvalue weighted by atomic mass is 10.0. The Bertz CT molecular complexity index is 233. The lowest BCUT2D eigenvalue weighted by molar-refractivity contribution is 0.165. The SMILES string of the molecule is CCCOC1=C(OC)C=CC(CCl)C1. The topological polar surface area (TPSA) is 18.5 Å². The average molecular weight is 217 g/mol. The van der Waals surface area contributed by atoms with E-state index in [1.807, 2.05) is 6.08 Å². The van der Waals surface area contributed by atoms with Crippen molar-refractivity contribution in [2.75, 3.05) is 19.6 Å². The second kappa shape index (κ2) is 5.97. The fraction of sp³-hybridized carbons (Fsp3) is 0.636. The van der Waals surface area contributed by atoms with E-state index in [0.29, 0.717) is 11.8 Å². The number of ether oxygens (including phenoxy) is 2. The normalized spacial score (nSPS) is 21.2. The Hall–Kier alpha value is -0.630. The van der Waals surface area contributed by atoms with E-state index in [9.17, 15) is 0 Å². The Morgan fingerprint density at radius 3 is 2.93 bits per heavy atom. The van der Waals surface area contributed by atoms with Gasteiger partial charge in [0.05, 0.1) is 13.7 Å². The van der Waals surface area contributed by atoms with E-state index in [1.54, 1.807) is 7.11 Å². The van der Waals surface area contributed by atoms with E-state index in [-0.39, 0.29) is 0 Å². The Kier molecular flexibility index (Phi) is 4.88. The average Bonchev–Trinajstić information content (AvgIpc) is 2.25. The van der Waals surface area contributed by atoms with Gasteiger partial charge in [-0.15, -0.1) is 11.6 Å². The highest BCUT2D eigenvalue weighted by Crippen LogP contribution is 2.25. The van der Waals surface area contributed by atoms with Crippen LogP contribution in [-0.4, -0.2) is 19.6 Å². The molecule has 0 amide bonds. The monoisotopic (exact) mass is 216 g/mol. The van der Waals surface area contributed by atoms with Gasteiger partial charge in [-0.25, -0.2) is 0 Å². The van der Waals surface area contributed by atoms with Crippen LogP contribution in [0.4, 0.5) is 0 Å². The van der Waals surface area contributed by atoms with Crippen molar-refractivity contribution in [1.82, 2.24) is 0 Å². The Morgan fingerprint density at radius 2 is 2.36 bits per heavy atom. The van der Waals surface area contributed by atoms with Crippen LogP contribution >= 0.6 is 11.6 Å². The lowest BCUT2D eigenvalue weighted by Gasteiger charge is -2.20. The molecule has 0 aromatic carbocycles. The number of methoxy groups -OCH3 is 1. The molecule has 0 saturated carbocycles. The lowest BCUT2D eigenvalue weighted by Crippen LogP contribution is -2.10. The summed E-state index contributed by atoms with van der Waals surface area (Å²) in [6.07, 6.45) is 5.88. The molecule has 0 aliphatic heterocycles. The molecule has 14 heavy (non-hydrogen) atoms. The predicted molar refractivity (Wildman–Crippen MR) is 58.2 cm³/mol. The van der Waals surface area contributed by atoms with Crippen LogP contribution in [0.2, 0.25) is 0 Å². The molecular weight excluding hydrogens is 200 g/mol. The standard InChI is InChI=1S/C11H17ClO2/c1-3-6-14-11-7-9(8-12)4-5-10(11)13-2/h4-5,9H,3,6-8H2,1-2H3. The molecule has 1 unspecified atom stereocenters. The summed E-state index contributed by atoms with van der Waals surface area (Å²) in [6, 6.07) is 0. The van der Waals surface area contributed by atoms with E-state index >= 15 is 0 Å². The van der Waals surface area contributed by atoms with E-state index in [0.717, 1.165) is 31.0 Å². The van der Waals surface area contributed by atoms with Gasteiger partial charge in [0, 0.05) is 12.3 Å². The largest absolute Gasteiger partial charge is 0.494 e. The third-order valence-electron chi connectivity index (χ3n) is 2.14. The minimum absolute atomic E-state index is 0.377. The maximum Gasteiger partial charge on any atom is 0.156 e. The molecule has 0 N–H and O–H groups in total. The highest BCUT2D eigenvalue weighted by Gasteiger charge is 2.17. The summed E-state index contributed by atoms with van der Waals surface area (Å²) in [5, 5.41) is 0. The van der Waals surface area contributed by atoms with Gasteiger partial charge in [-0.3, -0.25) is 0 Å². The highest BCUT2D eigenvalue weighted by atomic mass is 35.5. The molecule has 2 nitrogen and oxygen atoms in total. The zero-order valence-electron chi connectivity index (χ0n) is 8.75. The minimum atomic E-state index is 0.377. The van der Waals surface area contributed by atoms with Crippen LogP contribution in [0.5, 0.6) is 0 Å². The van der Waals surface area contributed by atoms with Crippen LogP contribution < -0.4 is 0 Å². The number of alkyl halides is 1. The fourth-order valence-corrected chi connectivity index (χ4v) is 1.58. The molecule has 0 aromatic heterocycles. The summed E-state index contributed by atoms with van der Waals surface area (Å²) < 4.78 is 10.8.